The summed E-state index contributed by atoms with van der Waals surface area (Å²) in [6, 6.07) is 1.87. The number of rotatable bonds is 2. The predicted octanol–water partition coefficient (Wildman–Crippen LogP) is 2.07. The summed E-state index contributed by atoms with van der Waals surface area (Å²) < 4.78 is 0.999. The Morgan fingerprint density at radius 1 is 1.65 bits per heavy atom. The van der Waals surface area contributed by atoms with Crippen molar-refractivity contribution in [3.8, 4) is 0 Å². The van der Waals surface area contributed by atoms with Gasteiger partial charge in [-0.05, 0) is 28.7 Å². The summed E-state index contributed by atoms with van der Waals surface area (Å²) in [7, 11) is 0. The maximum atomic E-state index is 11.9. The van der Waals surface area contributed by atoms with E-state index in [4.69, 9.17) is 0 Å². The molecule has 2 heterocycles. The Labute approximate surface area is 117 Å². The van der Waals surface area contributed by atoms with Gasteiger partial charge in [0.05, 0.1) is 11.9 Å². The molecule has 1 atom stereocenters. The molecule has 1 aromatic heterocycles. The van der Waals surface area contributed by atoms with Crippen molar-refractivity contribution in [2.75, 3.05) is 11.4 Å². The van der Waals surface area contributed by atoms with E-state index >= 15 is 0 Å². The molecule has 0 aliphatic carbocycles. The first kappa shape index (κ1) is 12.8. The van der Waals surface area contributed by atoms with E-state index in [1.807, 2.05) is 6.07 Å². The highest BCUT2D eigenvalue weighted by molar-refractivity contribution is 14.1. The fourth-order valence-corrected chi connectivity index (χ4v) is 3.30. The maximum Gasteiger partial charge on any atom is 0.228 e. The average Bonchev–Trinajstić information content (AvgIpc) is 2.59. The second kappa shape index (κ2) is 5.34. The molecule has 90 valence electrons. The molecule has 17 heavy (non-hydrogen) atoms. The van der Waals surface area contributed by atoms with Gasteiger partial charge in [0, 0.05) is 34.9 Å². The fourth-order valence-electron chi connectivity index (χ4n) is 1.79. The van der Waals surface area contributed by atoms with E-state index in [-0.39, 0.29) is 16.3 Å². The number of aromatic nitrogens is 1. The molecule has 0 aromatic carbocycles. The highest BCUT2D eigenvalue weighted by atomic mass is 127. The fraction of sp³-hybridized carbons (Fsp3) is 0.364. The molecule has 0 saturated carbocycles. The molecule has 1 aliphatic rings. The monoisotopic (exact) mass is 362 g/mol. The summed E-state index contributed by atoms with van der Waals surface area (Å²) in [4.78, 5) is 28.7. The van der Waals surface area contributed by atoms with Crippen molar-refractivity contribution in [1.29, 1.82) is 0 Å². The number of carbonyl (C=O) groups is 2. The molecule has 0 N–H and O–H groups in total. The Morgan fingerprint density at radius 2 is 2.41 bits per heavy atom. The number of amides is 1. The van der Waals surface area contributed by atoms with Gasteiger partial charge < -0.3 is 4.90 Å². The van der Waals surface area contributed by atoms with Gasteiger partial charge in [-0.3, -0.25) is 14.6 Å². The van der Waals surface area contributed by atoms with Crippen LogP contribution >= 0.6 is 34.4 Å². The van der Waals surface area contributed by atoms with Crippen molar-refractivity contribution in [2.24, 2.45) is 0 Å². The number of thioether (sulfide) groups is 1. The normalized spacial score (nSPS) is 19.8. The van der Waals surface area contributed by atoms with Gasteiger partial charge in [-0.1, -0.05) is 11.8 Å². The highest BCUT2D eigenvalue weighted by Crippen LogP contribution is 2.30. The van der Waals surface area contributed by atoms with Crippen LogP contribution in [-0.2, 0) is 9.59 Å². The van der Waals surface area contributed by atoms with E-state index in [2.05, 4.69) is 27.6 Å². The molecule has 0 spiro atoms. The molecule has 0 bridgehead atoms. The lowest BCUT2D eigenvalue weighted by Gasteiger charge is -2.17. The van der Waals surface area contributed by atoms with E-state index in [1.54, 1.807) is 17.3 Å². The van der Waals surface area contributed by atoms with E-state index < -0.39 is 0 Å². The van der Waals surface area contributed by atoms with Crippen LogP contribution in [0.1, 0.15) is 13.3 Å². The Kier molecular flexibility index (Phi) is 4.03. The summed E-state index contributed by atoms with van der Waals surface area (Å²) in [5.74, 6) is 0.0645. The van der Waals surface area contributed by atoms with Crippen molar-refractivity contribution in [3.63, 3.8) is 0 Å². The minimum atomic E-state index is 0.0607. The first-order chi connectivity index (χ1) is 8.08. The molecule has 0 radical (unpaired) electrons. The first-order valence-corrected chi connectivity index (χ1v) is 7.11. The lowest BCUT2D eigenvalue weighted by atomic mass is 10.4. The largest absolute Gasteiger partial charge is 0.309 e. The van der Waals surface area contributed by atoms with Crippen molar-refractivity contribution in [3.05, 3.63) is 22.0 Å². The molecule has 1 aliphatic heterocycles. The number of hydrogen-bond acceptors (Lipinski definition) is 4. The van der Waals surface area contributed by atoms with Crippen molar-refractivity contribution in [1.82, 2.24) is 4.98 Å². The molecule has 1 fully saturated rings. The summed E-state index contributed by atoms with van der Waals surface area (Å²) >= 11 is 3.43. The highest BCUT2D eigenvalue weighted by Gasteiger charge is 2.32. The predicted molar refractivity (Wildman–Crippen MR) is 76.0 cm³/mol. The lowest BCUT2D eigenvalue weighted by molar-refractivity contribution is -0.117. The number of anilines is 1. The molecular formula is C11H11IN2O2S. The zero-order valence-corrected chi connectivity index (χ0v) is 12.2. The van der Waals surface area contributed by atoms with Crippen LogP contribution in [-0.4, -0.2) is 27.8 Å². The lowest BCUT2D eigenvalue weighted by Crippen LogP contribution is -2.25. The second-order valence-electron chi connectivity index (χ2n) is 3.77. The Bertz CT molecular complexity index is 467. The van der Waals surface area contributed by atoms with Crippen molar-refractivity contribution in [2.45, 2.75) is 18.6 Å². The van der Waals surface area contributed by atoms with E-state index in [0.29, 0.717) is 13.0 Å². The summed E-state index contributed by atoms with van der Waals surface area (Å²) in [5.41, 5.74) is 0.838. The molecular weight excluding hydrogens is 351 g/mol. The topological polar surface area (TPSA) is 50.3 Å². The molecule has 2 rings (SSSR count). The van der Waals surface area contributed by atoms with E-state index in [9.17, 15) is 9.59 Å². The molecule has 1 unspecified atom stereocenters. The third kappa shape index (κ3) is 2.98. The second-order valence-corrected chi connectivity index (χ2v) is 6.41. The quantitative estimate of drug-likeness (QED) is 0.756. The third-order valence-corrected chi connectivity index (χ3v) is 4.35. The van der Waals surface area contributed by atoms with Gasteiger partial charge in [-0.2, -0.15) is 0 Å². The minimum absolute atomic E-state index is 0.0607. The zero-order chi connectivity index (χ0) is 12.4. The third-order valence-electron chi connectivity index (χ3n) is 2.46. The number of nitrogens with zero attached hydrogens (tertiary/aromatic N) is 2. The number of halogens is 1. The van der Waals surface area contributed by atoms with Crippen LogP contribution < -0.4 is 4.90 Å². The van der Waals surface area contributed by atoms with Crippen LogP contribution in [0.15, 0.2) is 18.5 Å². The summed E-state index contributed by atoms with van der Waals surface area (Å²) in [5, 5.41) is 0.126. The van der Waals surface area contributed by atoms with Gasteiger partial charge in [-0.25, -0.2) is 0 Å². The molecule has 4 nitrogen and oxygen atoms in total. The van der Waals surface area contributed by atoms with Gasteiger partial charge in [0.25, 0.3) is 0 Å². The Morgan fingerprint density at radius 3 is 3.06 bits per heavy atom. The van der Waals surface area contributed by atoms with E-state index in [0.717, 1.165) is 9.26 Å². The van der Waals surface area contributed by atoms with Crippen LogP contribution in [0.3, 0.4) is 0 Å². The smallest absolute Gasteiger partial charge is 0.228 e. The number of carbonyl (C=O) groups excluding carboxylic acids is 2. The van der Waals surface area contributed by atoms with Gasteiger partial charge in [-0.15, -0.1) is 0 Å². The van der Waals surface area contributed by atoms with Crippen molar-refractivity contribution < 1.29 is 9.59 Å². The number of hydrogen-bond donors (Lipinski definition) is 0. The van der Waals surface area contributed by atoms with Crippen LogP contribution in [0.5, 0.6) is 0 Å². The van der Waals surface area contributed by atoms with Gasteiger partial charge in [0.1, 0.15) is 0 Å². The maximum absolute atomic E-state index is 11.9. The molecule has 1 saturated heterocycles. The summed E-state index contributed by atoms with van der Waals surface area (Å²) in [6.07, 6.45) is 3.82. The van der Waals surface area contributed by atoms with Crippen LogP contribution in [0.4, 0.5) is 5.69 Å². The van der Waals surface area contributed by atoms with Gasteiger partial charge in [0.2, 0.25) is 5.91 Å². The van der Waals surface area contributed by atoms with E-state index in [1.165, 1.54) is 18.7 Å². The first-order valence-electron chi connectivity index (χ1n) is 5.15. The zero-order valence-electron chi connectivity index (χ0n) is 9.22. The molecule has 1 aromatic rings. The minimum Gasteiger partial charge on any atom is -0.309 e. The number of pyridine rings is 1. The van der Waals surface area contributed by atoms with Crippen LogP contribution in [0, 0.1) is 3.57 Å². The average molecular weight is 362 g/mol. The summed E-state index contributed by atoms with van der Waals surface area (Å²) in [6.45, 7) is 2.12. The van der Waals surface area contributed by atoms with Gasteiger partial charge >= 0.3 is 0 Å². The Hall–Kier alpha value is -0.630. The standard InChI is InChI=1S/C11H11IN2O2S/c1-7(15)17-8-4-11(16)14(6-8)10-5-13-3-2-9(10)12/h2-3,5,8H,4,6H2,1H3. The van der Waals surface area contributed by atoms with Crippen molar-refractivity contribution >= 4 is 51.1 Å². The van der Waals surface area contributed by atoms with Crippen LogP contribution in [0.2, 0.25) is 0 Å². The molecule has 6 heteroatoms. The van der Waals surface area contributed by atoms with Gasteiger partial charge in [0.15, 0.2) is 5.12 Å². The Balaban J connectivity index is 2.16. The van der Waals surface area contributed by atoms with Crippen LogP contribution in [0.25, 0.3) is 0 Å². The molecule has 1 amide bonds. The SMILES string of the molecule is CC(=O)SC1CC(=O)N(c2cnccc2I)C1.